The van der Waals surface area contributed by atoms with E-state index < -0.39 is 26.7 Å². The molecule has 0 fully saturated rings. The van der Waals surface area contributed by atoms with Gasteiger partial charge in [0, 0.05) is 11.4 Å². The second-order valence-corrected chi connectivity index (χ2v) is 8.87. The Labute approximate surface area is 154 Å². The Hall–Kier alpha value is -2.11. The highest BCUT2D eigenvalue weighted by molar-refractivity contribution is 7.92. The standard InChI is InChI=1S/C14H13ClF2N2O5S2/c1-25(20,21)18-9-2-4-10(5-3-9)19-26(22,23)11-6-7-13(12(15)8-11)24-14(16)17/h2-8,14,18-19H,1H3. The fraction of sp³-hybridized carbons (Fsp3) is 0.143. The Balaban J connectivity index is 2.19. The number of alkyl halides is 2. The first kappa shape index (κ1) is 20.2. The van der Waals surface area contributed by atoms with Crippen LogP contribution in [0.3, 0.4) is 0 Å². The third-order valence-electron chi connectivity index (χ3n) is 2.87. The number of hydrogen-bond donors (Lipinski definition) is 2. The third kappa shape index (κ3) is 5.71. The van der Waals surface area contributed by atoms with Crippen LogP contribution in [-0.4, -0.2) is 29.7 Å². The zero-order chi connectivity index (χ0) is 19.5. The van der Waals surface area contributed by atoms with Gasteiger partial charge in [0.15, 0.2) is 0 Å². The molecule has 0 saturated heterocycles. The van der Waals surface area contributed by atoms with Crippen molar-refractivity contribution in [3.8, 4) is 5.75 Å². The molecule has 2 rings (SSSR count). The molecule has 0 aliphatic rings. The minimum absolute atomic E-state index is 0.160. The van der Waals surface area contributed by atoms with Crippen LogP contribution in [-0.2, 0) is 20.0 Å². The summed E-state index contributed by atoms with van der Waals surface area (Å²) in [5.41, 5.74) is 0.417. The van der Waals surface area contributed by atoms with Crippen molar-refractivity contribution in [3.05, 3.63) is 47.5 Å². The Morgan fingerprint density at radius 1 is 0.962 bits per heavy atom. The SMILES string of the molecule is CS(=O)(=O)Nc1ccc(NS(=O)(=O)c2ccc(OC(F)F)c(Cl)c2)cc1. The molecule has 2 N–H and O–H groups in total. The Bertz CT molecular complexity index is 996. The Morgan fingerprint density at radius 3 is 1.96 bits per heavy atom. The number of halogens is 3. The topological polar surface area (TPSA) is 102 Å². The van der Waals surface area contributed by atoms with Crippen LogP contribution in [0.4, 0.5) is 20.2 Å². The smallest absolute Gasteiger partial charge is 0.387 e. The van der Waals surface area contributed by atoms with Gasteiger partial charge in [-0.15, -0.1) is 0 Å². The molecule has 0 aliphatic carbocycles. The minimum Gasteiger partial charge on any atom is -0.433 e. The lowest BCUT2D eigenvalue weighted by Crippen LogP contribution is -2.13. The summed E-state index contributed by atoms with van der Waals surface area (Å²) >= 11 is 5.75. The molecular weight excluding hydrogens is 414 g/mol. The zero-order valence-corrected chi connectivity index (χ0v) is 15.5. The number of anilines is 2. The largest absolute Gasteiger partial charge is 0.433 e. The lowest BCUT2D eigenvalue weighted by molar-refractivity contribution is -0.0498. The monoisotopic (exact) mass is 426 g/mol. The summed E-state index contributed by atoms with van der Waals surface area (Å²) in [6.07, 6.45) is 0.981. The molecule has 0 saturated carbocycles. The predicted molar refractivity (Wildman–Crippen MR) is 93.8 cm³/mol. The first-order valence-corrected chi connectivity index (χ1v) is 10.6. The van der Waals surface area contributed by atoms with Crippen molar-refractivity contribution in [1.29, 1.82) is 0 Å². The normalized spacial score (nSPS) is 12.0. The lowest BCUT2D eigenvalue weighted by Gasteiger charge is -2.11. The summed E-state index contributed by atoms with van der Waals surface area (Å²) in [4.78, 5) is -0.262. The van der Waals surface area contributed by atoms with Crippen LogP contribution in [0.5, 0.6) is 5.75 Å². The van der Waals surface area contributed by atoms with Crippen molar-refractivity contribution in [3.63, 3.8) is 0 Å². The Morgan fingerprint density at radius 2 is 1.50 bits per heavy atom. The van der Waals surface area contributed by atoms with Crippen LogP contribution < -0.4 is 14.2 Å². The molecule has 0 atom stereocenters. The summed E-state index contributed by atoms with van der Waals surface area (Å²) in [6, 6.07) is 8.48. The van der Waals surface area contributed by atoms with Gasteiger partial charge >= 0.3 is 6.61 Å². The number of rotatable bonds is 7. The van der Waals surface area contributed by atoms with E-state index in [4.69, 9.17) is 11.6 Å². The maximum atomic E-state index is 12.3. The maximum Gasteiger partial charge on any atom is 0.387 e. The highest BCUT2D eigenvalue weighted by atomic mass is 35.5. The van der Waals surface area contributed by atoms with Crippen LogP contribution >= 0.6 is 11.6 Å². The minimum atomic E-state index is -4.05. The zero-order valence-electron chi connectivity index (χ0n) is 13.1. The number of sulfonamides is 2. The second kappa shape index (κ2) is 7.64. The van der Waals surface area contributed by atoms with E-state index in [9.17, 15) is 25.6 Å². The summed E-state index contributed by atoms with van der Waals surface area (Å²) in [5, 5.41) is -0.291. The van der Waals surface area contributed by atoms with Crippen molar-refractivity contribution < 1.29 is 30.4 Å². The number of nitrogens with one attached hydrogen (secondary N) is 2. The first-order chi connectivity index (χ1) is 12.0. The average molecular weight is 427 g/mol. The van der Waals surface area contributed by atoms with Gasteiger partial charge in [-0.1, -0.05) is 11.6 Å². The van der Waals surface area contributed by atoms with Gasteiger partial charge in [-0.05, 0) is 42.5 Å². The molecule has 142 valence electrons. The van der Waals surface area contributed by atoms with E-state index in [2.05, 4.69) is 14.2 Å². The quantitative estimate of drug-likeness (QED) is 0.708. The molecule has 7 nitrogen and oxygen atoms in total. The van der Waals surface area contributed by atoms with Crippen LogP contribution in [0.15, 0.2) is 47.4 Å². The van der Waals surface area contributed by atoms with Gasteiger partial charge in [0.1, 0.15) is 5.75 Å². The van der Waals surface area contributed by atoms with Crippen LogP contribution in [0.2, 0.25) is 5.02 Å². The molecule has 0 aromatic heterocycles. The first-order valence-electron chi connectivity index (χ1n) is 6.81. The van der Waals surface area contributed by atoms with E-state index in [1.807, 2.05) is 0 Å². The fourth-order valence-electron chi connectivity index (χ4n) is 1.87. The van der Waals surface area contributed by atoms with Crippen molar-refractivity contribution in [2.75, 3.05) is 15.7 Å². The van der Waals surface area contributed by atoms with Crippen LogP contribution in [0, 0.1) is 0 Å². The van der Waals surface area contributed by atoms with Crippen molar-refractivity contribution >= 4 is 43.0 Å². The molecule has 0 spiro atoms. The molecule has 12 heteroatoms. The van der Waals surface area contributed by atoms with Gasteiger partial charge in [-0.25, -0.2) is 16.8 Å². The van der Waals surface area contributed by atoms with E-state index in [-0.39, 0.29) is 27.0 Å². The molecule has 0 radical (unpaired) electrons. The number of hydrogen-bond acceptors (Lipinski definition) is 5. The molecule has 26 heavy (non-hydrogen) atoms. The summed E-state index contributed by atoms with van der Waals surface area (Å²) in [7, 11) is -7.50. The van der Waals surface area contributed by atoms with Gasteiger partial charge in [0.2, 0.25) is 10.0 Å². The van der Waals surface area contributed by atoms with E-state index in [0.29, 0.717) is 0 Å². The maximum absolute atomic E-state index is 12.3. The molecule has 2 aromatic rings. The molecule has 0 heterocycles. The molecule has 0 bridgehead atoms. The average Bonchev–Trinajstić information content (AvgIpc) is 2.49. The predicted octanol–water partition coefficient (Wildman–Crippen LogP) is 3.11. The van der Waals surface area contributed by atoms with Crippen molar-refractivity contribution in [2.24, 2.45) is 0 Å². The lowest BCUT2D eigenvalue weighted by atomic mass is 10.3. The molecule has 0 aliphatic heterocycles. The van der Waals surface area contributed by atoms with E-state index in [1.54, 1.807) is 0 Å². The number of benzene rings is 2. The van der Waals surface area contributed by atoms with Crippen molar-refractivity contribution in [2.45, 2.75) is 11.5 Å². The Kier molecular flexibility index (Phi) is 5.94. The number of ether oxygens (including phenoxy) is 1. The third-order valence-corrected chi connectivity index (χ3v) is 5.15. The molecule has 0 amide bonds. The summed E-state index contributed by atoms with van der Waals surface area (Å²) < 4.78 is 80.0. The van der Waals surface area contributed by atoms with Gasteiger partial charge in [-0.3, -0.25) is 9.44 Å². The van der Waals surface area contributed by atoms with Gasteiger partial charge in [0.05, 0.1) is 16.2 Å². The fourth-order valence-corrected chi connectivity index (χ4v) is 3.81. The summed E-state index contributed by atoms with van der Waals surface area (Å²) in [6.45, 7) is -3.09. The van der Waals surface area contributed by atoms with E-state index in [1.165, 1.54) is 24.3 Å². The second-order valence-electron chi connectivity index (χ2n) is 5.03. The van der Waals surface area contributed by atoms with Crippen molar-refractivity contribution in [1.82, 2.24) is 0 Å². The van der Waals surface area contributed by atoms with Gasteiger partial charge in [-0.2, -0.15) is 8.78 Å². The van der Waals surface area contributed by atoms with Gasteiger partial charge < -0.3 is 4.74 Å². The van der Waals surface area contributed by atoms with E-state index >= 15 is 0 Å². The molecular formula is C14H13ClF2N2O5S2. The highest BCUT2D eigenvalue weighted by Crippen LogP contribution is 2.29. The molecule has 0 unspecified atom stereocenters. The highest BCUT2D eigenvalue weighted by Gasteiger charge is 2.18. The van der Waals surface area contributed by atoms with E-state index in [0.717, 1.165) is 24.5 Å². The summed E-state index contributed by atoms with van der Waals surface area (Å²) in [5.74, 6) is -0.350. The van der Waals surface area contributed by atoms with Gasteiger partial charge in [0.25, 0.3) is 10.0 Å². The molecule has 2 aromatic carbocycles. The van der Waals surface area contributed by atoms with Crippen LogP contribution in [0.1, 0.15) is 0 Å². The van der Waals surface area contributed by atoms with Crippen LogP contribution in [0.25, 0.3) is 0 Å².